The molecule has 1 saturated heterocycles. The molecular weight excluding hydrogens is 534 g/mol. The fourth-order valence-corrected chi connectivity index (χ4v) is 6.59. The SMILES string of the molecule is CO[C@@H]1[C@@H](n2cc(-c3csc(N)n3)nn2)[C@@H](O)[C@@H](CO)O[C@@H]1Sc1cc(Cl)cnc1-c1nccs1. The van der Waals surface area contributed by atoms with Crippen LogP contribution in [0, 0.1) is 0 Å². The van der Waals surface area contributed by atoms with Crippen LogP contribution in [0.4, 0.5) is 5.13 Å². The van der Waals surface area contributed by atoms with Gasteiger partial charge in [0.2, 0.25) is 0 Å². The van der Waals surface area contributed by atoms with Crippen LogP contribution < -0.4 is 5.73 Å². The summed E-state index contributed by atoms with van der Waals surface area (Å²) >= 11 is 10.3. The molecule has 4 aromatic heterocycles. The zero-order chi connectivity index (χ0) is 24.5. The molecule has 184 valence electrons. The highest BCUT2D eigenvalue weighted by atomic mass is 35.5. The summed E-state index contributed by atoms with van der Waals surface area (Å²) in [7, 11) is 1.53. The maximum Gasteiger partial charge on any atom is 0.180 e. The van der Waals surface area contributed by atoms with E-state index in [2.05, 4.69) is 25.3 Å². The van der Waals surface area contributed by atoms with Crippen molar-refractivity contribution >= 4 is 51.2 Å². The summed E-state index contributed by atoms with van der Waals surface area (Å²) in [5.41, 5.74) is 6.83. The molecule has 5 rings (SSSR count). The molecule has 1 fully saturated rings. The number of ether oxygens (including phenoxy) is 2. The fraction of sp³-hybridized carbons (Fsp3) is 0.350. The molecule has 0 saturated carbocycles. The van der Waals surface area contributed by atoms with Crippen molar-refractivity contribution < 1.29 is 19.7 Å². The van der Waals surface area contributed by atoms with Crippen molar-refractivity contribution in [3.8, 4) is 22.1 Å². The molecule has 0 radical (unpaired) electrons. The molecule has 0 spiro atoms. The van der Waals surface area contributed by atoms with Crippen LogP contribution >= 0.6 is 46.0 Å². The van der Waals surface area contributed by atoms with Crippen molar-refractivity contribution in [2.45, 2.75) is 34.7 Å². The second-order valence-corrected chi connectivity index (χ2v) is 10.9. The van der Waals surface area contributed by atoms with Crippen LogP contribution in [0.1, 0.15) is 6.04 Å². The molecule has 0 aromatic carbocycles. The van der Waals surface area contributed by atoms with Gasteiger partial charge in [0.15, 0.2) is 5.13 Å². The maximum absolute atomic E-state index is 11.1. The number of methoxy groups -OCH3 is 1. The van der Waals surface area contributed by atoms with Gasteiger partial charge in [-0.15, -0.1) is 27.8 Å². The number of pyridine rings is 1. The Morgan fingerprint density at radius 2 is 2.17 bits per heavy atom. The summed E-state index contributed by atoms with van der Waals surface area (Å²) in [5, 5.41) is 34.7. The zero-order valence-corrected chi connectivity index (χ0v) is 21.3. The second kappa shape index (κ2) is 10.4. The lowest BCUT2D eigenvalue weighted by Gasteiger charge is -2.43. The van der Waals surface area contributed by atoms with Gasteiger partial charge in [0.25, 0.3) is 0 Å². The van der Waals surface area contributed by atoms with Gasteiger partial charge >= 0.3 is 0 Å². The topological polar surface area (TPSA) is 154 Å². The van der Waals surface area contributed by atoms with Gasteiger partial charge in [-0.3, -0.25) is 4.98 Å². The molecule has 15 heteroatoms. The van der Waals surface area contributed by atoms with Gasteiger partial charge in [0, 0.05) is 35.2 Å². The van der Waals surface area contributed by atoms with Gasteiger partial charge in [0.05, 0.1) is 17.8 Å². The van der Waals surface area contributed by atoms with Crippen LogP contribution in [0.5, 0.6) is 0 Å². The number of aliphatic hydroxyl groups is 2. The van der Waals surface area contributed by atoms with Crippen molar-refractivity contribution in [3.63, 3.8) is 0 Å². The maximum atomic E-state index is 11.1. The van der Waals surface area contributed by atoms with Crippen molar-refractivity contribution in [1.82, 2.24) is 29.9 Å². The first-order chi connectivity index (χ1) is 17.0. The number of aliphatic hydroxyl groups excluding tert-OH is 2. The molecule has 4 N–H and O–H groups in total. The van der Waals surface area contributed by atoms with Gasteiger partial charge in [-0.1, -0.05) is 28.6 Å². The van der Waals surface area contributed by atoms with Crippen molar-refractivity contribution in [2.24, 2.45) is 0 Å². The number of nitrogens with two attached hydrogens (primary N) is 1. The summed E-state index contributed by atoms with van der Waals surface area (Å²) < 4.78 is 13.4. The summed E-state index contributed by atoms with van der Waals surface area (Å²) in [6.45, 7) is -0.400. The third kappa shape index (κ3) is 4.93. The van der Waals surface area contributed by atoms with E-state index in [4.69, 9.17) is 26.8 Å². The second-order valence-electron chi connectivity index (χ2n) is 7.52. The van der Waals surface area contributed by atoms with E-state index in [9.17, 15) is 10.2 Å². The molecule has 5 atom stereocenters. The monoisotopic (exact) mass is 553 g/mol. The molecular formula is C20H20ClN7O4S3. The summed E-state index contributed by atoms with van der Waals surface area (Å²) in [4.78, 5) is 13.8. The van der Waals surface area contributed by atoms with E-state index in [-0.39, 0.29) is 0 Å². The van der Waals surface area contributed by atoms with E-state index in [0.717, 1.165) is 9.90 Å². The Labute approximate surface area is 216 Å². The van der Waals surface area contributed by atoms with Crippen LogP contribution in [0.3, 0.4) is 0 Å². The smallest absolute Gasteiger partial charge is 0.180 e. The lowest BCUT2D eigenvalue weighted by Crippen LogP contribution is -2.55. The highest BCUT2D eigenvalue weighted by Gasteiger charge is 2.47. The van der Waals surface area contributed by atoms with E-state index in [1.54, 1.807) is 30.0 Å². The van der Waals surface area contributed by atoms with Crippen LogP contribution in [0.15, 0.2) is 40.3 Å². The number of halogens is 1. The average Bonchev–Trinajstić information content (AvgIpc) is 3.62. The van der Waals surface area contributed by atoms with Gasteiger partial charge in [0.1, 0.15) is 51.9 Å². The van der Waals surface area contributed by atoms with E-state index in [0.29, 0.717) is 27.2 Å². The molecule has 5 heterocycles. The van der Waals surface area contributed by atoms with Crippen LogP contribution in [0.25, 0.3) is 22.1 Å². The number of aromatic nitrogens is 6. The number of anilines is 1. The van der Waals surface area contributed by atoms with Crippen molar-refractivity contribution in [2.75, 3.05) is 19.5 Å². The van der Waals surface area contributed by atoms with Crippen LogP contribution in [-0.2, 0) is 9.47 Å². The largest absolute Gasteiger partial charge is 0.394 e. The van der Waals surface area contributed by atoms with E-state index in [1.165, 1.54) is 46.2 Å². The minimum atomic E-state index is -1.12. The number of thiazole rings is 2. The lowest BCUT2D eigenvalue weighted by molar-refractivity contribution is -0.186. The van der Waals surface area contributed by atoms with Crippen LogP contribution in [0.2, 0.25) is 5.02 Å². The Morgan fingerprint density at radius 3 is 2.86 bits per heavy atom. The molecule has 0 bridgehead atoms. The molecule has 1 aliphatic rings. The van der Waals surface area contributed by atoms with Gasteiger partial charge in [-0.2, -0.15) is 0 Å². The van der Waals surface area contributed by atoms with Crippen molar-refractivity contribution in [1.29, 1.82) is 0 Å². The minimum absolute atomic E-state index is 0.400. The van der Waals surface area contributed by atoms with E-state index in [1.807, 2.05) is 5.38 Å². The Bertz CT molecular complexity index is 1290. The average molecular weight is 554 g/mol. The highest BCUT2D eigenvalue weighted by Crippen LogP contribution is 2.42. The normalized spacial score (nSPS) is 24.6. The Hall–Kier alpha value is -2.17. The Balaban J connectivity index is 1.49. The lowest BCUT2D eigenvalue weighted by atomic mass is 9.97. The first kappa shape index (κ1) is 24.5. The number of hydrogen-bond acceptors (Lipinski definition) is 13. The fourth-order valence-electron chi connectivity index (χ4n) is 3.79. The number of rotatable bonds is 7. The summed E-state index contributed by atoms with van der Waals surface area (Å²) in [6, 6.07) is 1.07. The molecule has 35 heavy (non-hydrogen) atoms. The first-order valence-electron chi connectivity index (χ1n) is 10.3. The summed E-state index contributed by atoms with van der Waals surface area (Å²) in [5.74, 6) is 0. The molecule has 0 amide bonds. The molecule has 11 nitrogen and oxygen atoms in total. The number of nitrogen functional groups attached to an aromatic ring is 1. The standard InChI is InChI=1S/C20H20ClN7O4S3/c1-31-17-15(28-6-10(26-27-28)11-8-34-20(22)25-11)16(30)12(7-29)32-19(17)35-13-4-9(21)5-24-14(13)18-23-2-3-33-18/h2-6,8,12,15-17,19,29-30H,7H2,1H3,(H2,22,25)/t12-,15+,16+,17-,19-/m1/s1. The predicted molar refractivity (Wildman–Crippen MR) is 133 cm³/mol. The third-order valence-corrected chi connectivity index (χ3v) is 8.23. The van der Waals surface area contributed by atoms with Gasteiger partial charge < -0.3 is 25.4 Å². The number of nitrogens with zero attached hydrogens (tertiary/aromatic N) is 6. The highest BCUT2D eigenvalue weighted by molar-refractivity contribution is 8.00. The minimum Gasteiger partial charge on any atom is -0.394 e. The molecule has 0 aliphatic carbocycles. The van der Waals surface area contributed by atoms with Gasteiger partial charge in [-0.25, -0.2) is 14.6 Å². The Kier molecular flexibility index (Phi) is 7.31. The van der Waals surface area contributed by atoms with Crippen LogP contribution in [-0.4, -0.2) is 77.6 Å². The molecule has 0 unspecified atom stereocenters. The third-order valence-electron chi connectivity index (χ3n) is 5.39. The Morgan fingerprint density at radius 1 is 1.31 bits per heavy atom. The number of thioether (sulfide) groups is 1. The van der Waals surface area contributed by atoms with Gasteiger partial charge in [-0.05, 0) is 6.07 Å². The number of hydrogen-bond donors (Lipinski definition) is 3. The van der Waals surface area contributed by atoms with E-state index >= 15 is 0 Å². The molecule has 1 aliphatic heterocycles. The predicted octanol–water partition coefficient (Wildman–Crippen LogP) is 2.58. The summed E-state index contributed by atoms with van der Waals surface area (Å²) in [6.07, 6.45) is 2.25. The zero-order valence-electron chi connectivity index (χ0n) is 18.1. The first-order valence-corrected chi connectivity index (χ1v) is 13.3. The van der Waals surface area contributed by atoms with Crippen molar-refractivity contribution in [3.05, 3.63) is 40.4 Å². The quantitative estimate of drug-likeness (QED) is 0.309. The molecule has 4 aromatic rings. The van der Waals surface area contributed by atoms with E-state index < -0.39 is 36.4 Å².